The van der Waals surface area contributed by atoms with E-state index in [9.17, 15) is 9.59 Å². The second kappa shape index (κ2) is 7.55. The molecule has 6 heteroatoms. The Morgan fingerprint density at radius 3 is 2.63 bits per heavy atom. The summed E-state index contributed by atoms with van der Waals surface area (Å²) in [5, 5.41) is 11.5. The van der Waals surface area contributed by atoms with Crippen molar-refractivity contribution in [3.05, 3.63) is 28.7 Å². The topological polar surface area (TPSA) is 66.4 Å². The van der Waals surface area contributed by atoms with E-state index in [2.05, 4.69) is 21.2 Å². The van der Waals surface area contributed by atoms with E-state index in [0.717, 1.165) is 9.37 Å². The van der Waals surface area contributed by atoms with Gasteiger partial charge in [-0.2, -0.15) is 0 Å². The molecule has 0 bridgehead atoms. The monoisotopic (exact) mass is 345 g/mol. The van der Waals surface area contributed by atoms with Crippen LogP contribution < -0.4 is 5.32 Å². The summed E-state index contributed by atoms with van der Waals surface area (Å²) >= 11 is 4.73. The van der Waals surface area contributed by atoms with Crippen LogP contribution in [0.1, 0.15) is 13.8 Å². The normalized spacial score (nSPS) is 12.2. The van der Waals surface area contributed by atoms with E-state index in [4.69, 9.17) is 5.11 Å². The van der Waals surface area contributed by atoms with Gasteiger partial charge in [-0.3, -0.25) is 4.79 Å². The molecule has 0 heterocycles. The second-order valence-electron chi connectivity index (χ2n) is 4.37. The lowest BCUT2D eigenvalue weighted by Gasteiger charge is -2.17. The Kier molecular flexibility index (Phi) is 6.37. The third-order valence-corrected chi connectivity index (χ3v) is 3.90. The number of benzene rings is 1. The number of hydrogen-bond acceptors (Lipinski definition) is 3. The smallest absolute Gasteiger partial charge is 0.326 e. The van der Waals surface area contributed by atoms with Crippen molar-refractivity contribution >= 4 is 39.6 Å². The number of hydrogen-bond donors (Lipinski definition) is 2. The van der Waals surface area contributed by atoms with E-state index < -0.39 is 12.0 Å². The van der Waals surface area contributed by atoms with Crippen LogP contribution in [0.15, 0.2) is 33.6 Å². The summed E-state index contributed by atoms with van der Waals surface area (Å²) in [6.45, 7) is 3.53. The second-order valence-corrected chi connectivity index (χ2v) is 6.34. The van der Waals surface area contributed by atoms with Crippen LogP contribution >= 0.6 is 27.7 Å². The Morgan fingerprint density at radius 1 is 1.42 bits per heavy atom. The molecule has 2 N–H and O–H groups in total. The van der Waals surface area contributed by atoms with E-state index >= 15 is 0 Å². The molecule has 1 atom stereocenters. The molecule has 1 aromatic carbocycles. The SMILES string of the molecule is CC(C)[C@H](NC(=O)CSc1cccc(Br)c1)C(=O)O. The Hall–Kier alpha value is -1.01. The first-order valence-electron chi connectivity index (χ1n) is 5.80. The van der Waals surface area contributed by atoms with Gasteiger partial charge in [0.15, 0.2) is 0 Å². The number of amides is 1. The summed E-state index contributed by atoms with van der Waals surface area (Å²) < 4.78 is 0.948. The minimum atomic E-state index is -1.00. The zero-order valence-corrected chi connectivity index (χ0v) is 13.1. The van der Waals surface area contributed by atoms with Crippen molar-refractivity contribution < 1.29 is 14.7 Å². The van der Waals surface area contributed by atoms with Crippen LogP contribution in [0, 0.1) is 5.92 Å². The van der Waals surface area contributed by atoms with E-state index in [-0.39, 0.29) is 17.6 Å². The molecule has 19 heavy (non-hydrogen) atoms. The highest BCUT2D eigenvalue weighted by atomic mass is 79.9. The zero-order chi connectivity index (χ0) is 14.4. The van der Waals surface area contributed by atoms with Gasteiger partial charge in [-0.05, 0) is 24.1 Å². The molecule has 4 nitrogen and oxygen atoms in total. The largest absolute Gasteiger partial charge is 0.480 e. The molecule has 0 saturated carbocycles. The highest BCUT2D eigenvalue weighted by Crippen LogP contribution is 2.21. The number of carboxylic acids is 1. The maximum absolute atomic E-state index is 11.7. The molecule has 1 aromatic rings. The van der Waals surface area contributed by atoms with Crippen LogP contribution in [0.3, 0.4) is 0 Å². The molecule has 0 radical (unpaired) electrons. The van der Waals surface area contributed by atoms with Crippen molar-refractivity contribution in [1.82, 2.24) is 5.32 Å². The van der Waals surface area contributed by atoms with Gasteiger partial charge in [0.2, 0.25) is 5.91 Å². The molecule has 1 rings (SSSR count). The number of carbonyl (C=O) groups excluding carboxylic acids is 1. The van der Waals surface area contributed by atoms with Gasteiger partial charge in [0.05, 0.1) is 5.75 Å². The zero-order valence-electron chi connectivity index (χ0n) is 10.7. The Labute approximate surface area is 125 Å². The maximum atomic E-state index is 11.7. The molecule has 0 aliphatic rings. The predicted octanol–water partition coefficient (Wildman–Crippen LogP) is 2.77. The Morgan fingerprint density at radius 2 is 2.11 bits per heavy atom. The highest BCUT2D eigenvalue weighted by molar-refractivity contribution is 9.10. The van der Waals surface area contributed by atoms with Crippen LogP contribution in [0.25, 0.3) is 0 Å². The number of halogens is 1. The van der Waals surface area contributed by atoms with Gasteiger partial charge < -0.3 is 10.4 Å². The standard InChI is InChI=1S/C13H16BrNO3S/c1-8(2)12(13(17)18)15-11(16)7-19-10-5-3-4-9(14)6-10/h3-6,8,12H,7H2,1-2H3,(H,15,16)(H,17,18)/t12-/m0/s1. The average Bonchev–Trinajstić information content (AvgIpc) is 2.32. The van der Waals surface area contributed by atoms with E-state index in [0.29, 0.717) is 0 Å². The first-order chi connectivity index (χ1) is 8.90. The van der Waals surface area contributed by atoms with Crippen LogP contribution in [0.5, 0.6) is 0 Å². The van der Waals surface area contributed by atoms with Crippen LogP contribution in [0.2, 0.25) is 0 Å². The minimum Gasteiger partial charge on any atom is -0.480 e. The van der Waals surface area contributed by atoms with Crippen LogP contribution in [-0.2, 0) is 9.59 Å². The third kappa shape index (κ3) is 5.65. The van der Waals surface area contributed by atoms with Crippen molar-refractivity contribution in [2.45, 2.75) is 24.8 Å². The highest BCUT2D eigenvalue weighted by Gasteiger charge is 2.23. The van der Waals surface area contributed by atoms with E-state index in [1.54, 1.807) is 13.8 Å². The Balaban J connectivity index is 2.49. The summed E-state index contributed by atoms with van der Waals surface area (Å²) in [5.41, 5.74) is 0. The predicted molar refractivity (Wildman–Crippen MR) is 79.3 cm³/mol. The third-order valence-electron chi connectivity index (χ3n) is 2.42. The van der Waals surface area contributed by atoms with Crippen molar-refractivity contribution in [2.24, 2.45) is 5.92 Å². The number of aliphatic carboxylic acids is 1. The summed E-state index contributed by atoms with van der Waals surface area (Å²) in [4.78, 5) is 23.6. The molecular weight excluding hydrogens is 330 g/mol. The van der Waals surface area contributed by atoms with E-state index in [1.165, 1.54) is 11.8 Å². The average molecular weight is 346 g/mol. The fraction of sp³-hybridized carbons (Fsp3) is 0.385. The number of thioether (sulfide) groups is 1. The molecular formula is C13H16BrNO3S. The molecule has 0 aromatic heterocycles. The summed E-state index contributed by atoms with van der Waals surface area (Å²) in [6.07, 6.45) is 0. The van der Waals surface area contributed by atoms with Crippen molar-refractivity contribution in [2.75, 3.05) is 5.75 Å². The fourth-order valence-electron chi connectivity index (χ4n) is 1.43. The van der Waals surface area contributed by atoms with Gasteiger partial charge in [0.1, 0.15) is 6.04 Å². The van der Waals surface area contributed by atoms with Crippen LogP contribution in [0.4, 0.5) is 0 Å². The number of nitrogens with one attached hydrogen (secondary N) is 1. The molecule has 0 saturated heterocycles. The first-order valence-corrected chi connectivity index (χ1v) is 7.58. The van der Waals surface area contributed by atoms with Crippen molar-refractivity contribution in [3.8, 4) is 0 Å². The molecule has 0 spiro atoms. The minimum absolute atomic E-state index is 0.141. The quantitative estimate of drug-likeness (QED) is 0.778. The van der Waals surface area contributed by atoms with Gasteiger partial charge in [-0.15, -0.1) is 11.8 Å². The summed E-state index contributed by atoms with van der Waals surface area (Å²) in [7, 11) is 0. The van der Waals surface area contributed by atoms with Gasteiger partial charge in [0, 0.05) is 9.37 Å². The Bertz CT molecular complexity index is 465. The lowest BCUT2D eigenvalue weighted by molar-refractivity contribution is -0.142. The number of carbonyl (C=O) groups is 2. The van der Waals surface area contributed by atoms with Gasteiger partial charge >= 0.3 is 5.97 Å². The molecule has 0 unspecified atom stereocenters. The number of rotatable bonds is 6. The lowest BCUT2D eigenvalue weighted by Crippen LogP contribution is -2.45. The first kappa shape index (κ1) is 16.0. The fourth-order valence-corrected chi connectivity index (χ4v) is 2.75. The lowest BCUT2D eigenvalue weighted by atomic mass is 10.1. The van der Waals surface area contributed by atoms with Crippen molar-refractivity contribution in [1.29, 1.82) is 0 Å². The molecule has 0 aliphatic carbocycles. The summed E-state index contributed by atoms with van der Waals surface area (Å²) in [6, 6.07) is 6.77. The van der Waals surface area contributed by atoms with Gasteiger partial charge in [0.25, 0.3) is 0 Å². The molecule has 1 amide bonds. The molecule has 104 valence electrons. The van der Waals surface area contributed by atoms with Crippen molar-refractivity contribution in [3.63, 3.8) is 0 Å². The summed E-state index contributed by atoms with van der Waals surface area (Å²) in [5.74, 6) is -1.22. The van der Waals surface area contributed by atoms with Crippen LogP contribution in [-0.4, -0.2) is 28.8 Å². The molecule has 0 fully saturated rings. The van der Waals surface area contributed by atoms with Gasteiger partial charge in [-0.25, -0.2) is 4.79 Å². The van der Waals surface area contributed by atoms with E-state index in [1.807, 2.05) is 24.3 Å². The van der Waals surface area contributed by atoms with Gasteiger partial charge in [-0.1, -0.05) is 35.8 Å². The number of carboxylic acid groups (broad SMARTS) is 1. The maximum Gasteiger partial charge on any atom is 0.326 e. The molecule has 0 aliphatic heterocycles.